The van der Waals surface area contributed by atoms with Crippen LogP contribution in [0.2, 0.25) is 0 Å². The number of nitrogen functional groups attached to an aromatic ring is 1. The molecule has 24 heavy (non-hydrogen) atoms. The molecule has 0 saturated heterocycles. The lowest BCUT2D eigenvalue weighted by molar-refractivity contribution is 0.102. The van der Waals surface area contributed by atoms with E-state index in [0.29, 0.717) is 30.0 Å². The first-order valence-corrected chi connectivity index (χ1v) is 9.09. The lowest BCUT2D eigenvalue weighted by atomic mass is 10.2. The number of sulfonamides is 1. The first kappa shape index (κ1) is 18.0. The summed E-state index contributed by atoms with van der Waals surface area (Å²) in [6.45, 7) is 4.38. The normalized spacial score (nSPS) is 11.5. The highest BCUT2D eigenvalue weighted by molar-refractivity contribution is 7.89. The summed E-state index contributed by atoms with van der Waals surface area (Å²) in [5, 5.41) is 2.73. The molecule has 0 atom stereocenters. The second-order valence-corrected chi connectivity index (χ2v) is 7.13. The number of hydrogen-bond acceptors (Lipinski definition) is 4. The van der Waals surface area contributed by atoms with Crippen molar-refractivity contribution < 1.29 is 13.2 Å². The van der Waals surface area contributed by atoms with Crippen LogP contribution in [-0.2, 0) is 10.0 Å². The van der Waals surface area contributed by atoms with Gasteiger partial charge in [-0.15, -0.1) is 0 Å². The van der Waals surface area contributed by atoms with Gasteiger partial charge in [0, 0.05) is 30.0 Å². The first-order chi connectivity index (χ1) is 11.4. The van der Waals surface area contributed by atoms with Gasteiger partial charge in [0.05, 0.1) is 4.90 Å². The Bertz CT molecular complexity index is 796. The number of benzene rings is 2. The number of nitrogens with two attached hydrogens (primary N) is 1. The predicted octanol–water partition coefficient (Wildman–Crippen LogP) is 2.55. The highest BCUT2D eigenvalue weighted by atomic mass is 32.2. The maximum atomic E-state index is 12.4. The van der Waals surface area contributed by atoms with Gasteiger partial charge in [0.1, 0.15) is 0 Å². The third-order valence-electron chi connectivity index (χ3n) is 3.63. The average molecular weight is 347 g/mol. The molecule has 3 N–H and O–H groups in total. The molecule has 0 spiro atoms. The maximum absolute atomic E-state index is 12.4. The van der Waals surface area contributed by atoms with Gasteiger partial charge in [-0.3, -0.25) is 4.79 Å². The number of nitrogens with one attached hydrogen (secondary N) is 1. The summed E-state index contributed by atoms with van der Waals surface area (Å²) in [5.41, 5.74) is 7.21. The van der Waals surface area contributed by atoms with Gasteiger partial charge < -0.3 is 11.1 Å². The molecule has 0 bridgehead atoms. The maximum Gasteiger partial charge on any atom is 0.255 e. The van der Waals surface area contributed by atoms with E-state index in [9.17, 15) is 13.2 Å². The molecule has 0 heterocycles. The van der Waals surface area contributed by atoms with Crippen LogP contribution in [0.4, 0.5) is 11.4 Å². The summed E-state index contributed by atoms with van der Waals surface area (Å²) in [5.74, 6) is -0.313. The molecular weight excluding hydrogens is 326 g/mol. The minimum Gasteiger partial charge on any atom is -0.399 e. The minimum absolute atomic E-state index is 0.176. The van der Waals surface area contributed by atoms with Crippen LogP contribution in [0, 0.1) is 0 Å². The van der Waals surface area contributed by atoms with Crippen LogP contribution < -0.4 is 11.1 Å². The average Bonchev–Trinajstić information content (AvgIpc) is 2.58. The van der Waals surface area contributed by atoms with Gasteiger partial charge in [-0.2, -0.15) is 4.31 Å². The molecule has 0 radical (unpaired) electrons. The zero-order valence-corrected chi connectivity index (χ0v) is 14.5. The van der Waals surface area contributed by atoms with Gasteiger partial charge >= 0.3 is 0 Å². The van der Waals surface area contributed by atoms with Crippen molar-refractivity contribution in [3.05, 3.63) is 54.1 Å². The summed E-state index contributed by atoms with van der Waals surface area (Å²) < 4.78 is 26.2. The zero-order chi connectivity index (χ0) is 17.7. The molecule has 0 aliphatic heterocycles. The Morgan fingerprint density at radius 3 is 2.04 bits per heavy atom. The molecule has 2 aromatic rings. The molecule has 2 rings (SSSR count). The van der Waals surface area contributed by atoms with Gasteiger partial charge in [-0.05, 0) is 48.5 Å². The van der Waals surface area contributed by atoms with Crippen molar-refractivity contribution in [2.75, 3.05) is 24.1 Å². The lowest BCUT2D eigenvalue weighted by Gasteiger charge is -2.18. The van der Waals surface area contributed by atoms with Crippen molar-refractivity contribution in [1.82, 2.24) is 4.31 Å². The van der Waals surface area contributed by atoms with E-state index < -0.39 is 10.0 Å². The van der Waals surface area contributed by atoms with Crippen LogP contribution in [0.1, 0.15) is 24.2 Å². The molecule has 128 valence electrons. The fourth-order valence-electron chi connectivity index (χ4n) is 2.26. The van der Waals surface area contributed by atoms with Crippen molar-refractivity contribution in [3.8, 4) is 0 Å². The Morgan fingerprint density at radius 1 is 1.00 bits per heavy atom. The van der Waals surface area contributed by atoms with Crippen LogP contribution in [-0.4, -0.2) is 31.7 Å². The summed E-state index contributed by atoms with van der Waals surface area (Å²) in [4.78, 5) is 12.4. The fourth-order valence-corrected chi connectivity index (χ4v) is 3.72. The third-order valence-corrected chi connectivity index (χ3v) is 5.69. The van der Waals surface area contributed by atoms with Gasteiger partial charge in [0.2, 0.25) is 10.0 Å². The molecule has 0 unspecified atom stereocenters. The molecule has 0 aliphatic carbocycles. The van der Waals surface area contributed by atoms with Crippen LogP contribution in [0.3, 0.4) is 0 Å². The van der Waals surface area contributed by atoms with Gasteiger partial charge in [0.15, 0.2) is 0 Å². The molecule has 1 amide bonds. The van der Waals surface area contributed by atoms with Crippen molar-refractivity contribution in [3.63, 3.8) is 0 Å². The van der Waals surface area contributed by atoms with Crippen LogP contribution in [0.5, 0.6) is 0 Å². The van der Waals surface area contributed by atoms with E-state index in [0.717, 1.165) is 0 Å². The first-order valence-electron chi connectivity index (χ1n) is 7.65. The summed E-state index contributed by atoms with van der Waals surface area (Å²) >= 11 is 0. The fraction of sp³-hybridized carbons (Fsp3) is 0.235. The zero-order valence-electron chi connectivity index (χ0n) is 13.7. The largest absolute Gasteiger partial charge is 0.399 e. The number of nitrogens with zero attached hydrogens (tertiary/aromatic N) is 1. The Morgan fingerprint density at radius 2 is 1.54 bits per heavy atom. The lowest BCUT2D eigenvalue weighted by Crippen LogP contribution is -2.30. The monoisotopic (exact) mass is 347 g/mol. The van der Waals surface area contributed by atoms with E-state index in [2.05, 4.69) is 5.32 Å². The molecule has 6 nitrogen and oxygen atoms in total. The number of hydrogen-bond donors (Lipinski definition) is 2. The molecule has 0 aromatic heterocycles. The van der Waals surface area contributed by atoms with Gasteiger partial charge in [-0.1, -0.05) is 13.8 Å². The quantitative estimate of drug-likeness (QED) is 0.786. The Hall–Kier alpha value is -2.38. The summed E-state index contributed by atoms with van der Waals surface area (Å²) in [7, 11) is -3.52. The molecule has 0 fully saturated rings. The van der Waals surface area contributed by atoms with Crippen molar-refractivity contribution >= 4 is 27.3 Å². The highest BCUT2D eigenvalue weighted by Gasteiger charge is 2.21. The van der Waals surface area contributed by atoms with E-state index in [4.69, 9.17) is 5.73 Å². The number of carbonyl (C=O) groups is 1. The van der Waals surface area contributed by atoms with Crippen molar-refractivity contribution in [2.45, 2.75) is 18.7 Å². The number of anilines is 2. The molecule has 2 aromatic carbocycles. The number of amides is 1. The molecule has 0 aliphatic rings. The van der Waals surface area contributed by atoms with E-state index in [1.165, 1.54) is 28.6 Å². The van der Waals surface area contributed by atoms with E-state index >= 15 is 0 Å². The SMILES string of the molecule is CCN(CC)S(=O)(=O)c1ccc(C(=O)Nc2ccc(N)cc2)cc1. The predicted molar refractivity (Wildman–Crippen MR) is 95.4 cm³/mol. The minimum atomic E-state index is -3.52. The number of rotatable bonds is 6. The highest BCUT2D eigenvalue weighted by Crippen LogP contribution is 2.17. The molecule has 7 heteroatoms. The van der Waals surface area contributed by atoms with Crippen LogP contribution >= 0.6 is 0 Å². The molecule has 0 saturated carbocycles. The molecular formula is C17H21N3O3S. The van der Waals surface area contributed by atoms with Crippen LogP contribution in [0.25, 0.3) is 0 Å². The topological polar surface area (TPSA) is 92.5 Å². The summed E-state index contributed by atoms with van der Waals surface area (Å²) in [6, 6.07) is 12.7. The standard InChI is InChI=1S/C17H21N3O3S/c1-3-20(4-2)24(22,23)16-11-5-13(6-12-16)17(21)19-15-9-7-14(18)8-10-15/h5-12H,3-4,18H2,1-2H3,(H,19,21). The van der Waals surface area contributed by atoms with Crippen molar-refractivity contribution in [2.24, 2.45) is 0 Å². The second-order valence-electron chi connectivity index (χ2n) is 5.19. The van der Waals surface area contributed by atoms with Gasteiger partial charge in [-0.25, -0.2) is 8.42 Å². The summed E-state index contributed by atoms with van der Waals surface area (Å²) in [6.07, 6.45) is 0. The van der Waals surface area contributed by atoms with Gasteiger partial charge in [0.25, 0.3) is 5.91 Å². The Labute approximate surface area is 142 Å². The van der Waals surface area contributed by atoms with Crippen molar-refractivity contribution in [1.29, 1.82) is 0 Å². The Balaban J connectivity index is 2.16. The Kier molecular flexibility index (Phi) is 5.58. The number of carbonyl (C=O) groups excluding carboxylic acids is 1. The smallest absolute Gasteiger partial charge is 0.255 e. The van der Waals surface area contributed by atoms with Crippen LogP contribution in [0.15, 0.2) is 53.4 Å². The third kappa shape index (κ3) is 3.93. The second kappa shape index (κ2) is 7.46. The van der Waals surface area contributed by atoms with E-state index in [1.54, 1.807) is 38.1 Å². The van der Waals surface area contributed by atoms with E-state index in [-0.39, 0.29) is 10.8 Å². The van der Waals surface area contributed by atoms with E-state index in [1.807, 2.05) is 0 Å².